The molecule has 2 heterocycles. The van der Waals surface area contributed by atoms with Gasteiger partial charge in [-0.3, -0.25) is 4.57 Å². The van der Waals surface area contributed by atoms with Crippen LogP contribution in [0.1, 0.15) is 30.9 Å². The molecule has 40 heavy (non-hydrogen) atoms. The minimum absolute atomic E-state index is 0.0731. The third kappa shape index (κ3) is 5.99. The standard InChI is InChI=1S/C30H29Cl2N2O5P/c1-19-5-4-6-22(15-19)29-27(16-33-17-28(29)40(36)37-18-20(2)21(3)39-40)30(35)38-34(25-11-7-23(31)8-12-25)26-13-9-24(32)10-14-26/h4-17,20-21,29,33H,18H2,1-3H3. The predicted molar refractivity (Wildman–Crippen MR) is 158 cm³/mol. The average molecular weight is 599 g/mol. The number of rotatable bonds is 6. The molecular weight excluding hydrogens is 570 g/mol. The lowest BCUT2D eigenvalue weighted by molar-refractivity contribution is -0.139. The molecule has 2 aliphatic rings. The molecule has 7 nitrogen and oxygen atoms in total. The molecule has 4 unspecified atom stereocenters. The first kappa shape index (κ1) is 28.5. The van der Waals surface area contributed by atoms with E-state index in [-0.39, 0.29) is 24.2 Å². The van der Waals surface area contributed by atoms with Crippen LogP contribution in [0.2, 0.25) is 10.0 Å². The minimum atomic E-state index is -3.75. The summed E-state index contributed by atoms with van der Waals surface area (Å²) in [5.41, 5.74) is 3.13. The average Bonchev–Trinajstić information content (AvgIpc) is 2.94. The van der Waals surface area contributed by atoms with Gasteiger partial charge in [0, 0.05) is 28.4 Å². The largest absolute Gasteiger partial charge is 0.366 e. The van der Waals surface area contributed by atoms with Crippen molar-refractivity contribution in [3.8, 4) is 0 Å². The van der Waals surface area contributed by atoms with Crippen molar-refractivity contribution < 1.29 is 23.2 Å². The summed E-state index contributed by atoms with van der Waals surface area (Å²) < 4.78 is 26.0. The van der Waals surface area contributed by atoms with Gasteiger partial charge in [-0.05, 0) is 67.9 Å². The molecule has 208 valence electrons. The summed E-state index contributed by atoms with van der Waals surface area (Å²) in [5, 5.41) is 5.82. The summed E-state index contributed by atoms with van der Waals surface area (Å²) in [7, 11) is -3.75. The first-order valence-electron chi connectivity index (χ1n) is 12.8. The normalized spacial score (nSPS) is 24.4. The van der Waals surface area contributed by atoms with Crippen LogP contribution in [0.3, 0.4) is 0 Å². The Morgan fingerprint density at radius 1 is 0.975 bits per heavy atom. The van der Waals surface area contributed by atoms with E-state index < -0.39 is 19.5 Å². The molecule has 0 spiro atoms. The number of dihydropyridines is 1. The number of benzene rings is 3. The Balaban J connectivity index is 1.53. The zero-order valence-corrected chi connectivity index (χ0v) is 24.6. The number of hydrogen-bond acceptors (Lipinski definition) is 7. The molecule has 0 aliphatic carbocycles. The zero-order valence-electron chi connectivity index (χ0n) is 22.2. The van der Waals surface area contributed by atoms with Gasteiger partial charge in [-0.25, -0.2) is 4.79 Å². The van der Waals surface area contributed by atoms with Gasteiger partial charge in [0.2, 0.25) is 0 Å². The van der Waals surface area contributed by atoms with Crippen molar-refractivity contribution in [1.82, 2.24) is 5.32 Å². The van der Waals surface area contributed by atoms with Crippen LogP contribution in [0.25, 0.3) is 0 Å². The van der Waals surface area contributed by atoms with Crippen molar-refractivity contribution in [1.29, 1.82) is 0 Å². The van der Waals surface area contributed by atoms with Crippen molar-refractivity contribution in [3.05, 3.63) is 117 Å². The lowest BCUT2D eigenvalue weighted by Gasteiger charge is -2.37. The smallest absolute Gasteiger partial charge is 0.362 e. The third-order valence-electron chi connectivity index (χ3n) is 6.91. The molecule has 0 aromatic heterocycles. The highest BCUT2D eigenvalue weighted by molar-refractivity contribution is 7.58. The van der Waals surface area contributed by atoms with Gasteiger partial charge in [0.05, 0.1) is 40.9 Å². The maximum absolute atomic E-state index is 14.1. The fraction of sp³-hybridized carbons (Fsp3) is 0.233. The molecule has 0 bridgehead atoms. The Morgan fingerprint density at radius 3 is 2.17 bits per heavy atom. The van der Waals surface area contributed by atoms with E-state index in [0.717, 1.165) is 11.1 Å². The van der Waals surface area contributed by atoms with Gasteiger partial charge in [0.1, 0.15) is 0 Å². The van der Waals surface area contributed by atoms with Crippen molar-refractivity contribution in [2.45, 2.75) is 32.8 Å². The summed E-state index contributed by atoms with van der Waals surface area (Å²) in [6.07, 6.45) is 2.87. The van der Waals surface area contributed by atoms with Crippen LogP contribution in [0, 0.1) is 12.8 Å². The number of allylic oxidation sites excluding steroid dienone is 1. The highest BCUT2D eigenvalue weighted by Gasteiger charge is 2.46. The summed E-state index contributed by atoms with van der Waals surface area (Å²) in [4.78, 5) is 20.0. The maximum Gasteiger partial charge on any atom is 0.362 e. The van der Waals surface area contributed by atoms with Gasteiger partial charge in [-0.2, -0.15) is 5.06 Å². The fourth-order valence-corrected chi connectivity index (χ4v) is 7.04. The van der Waals surface area contributed by atoms with E-state index in [1.165, 1.54) is 5.06 Å². The quantitative estimate of drug-likeness (QED) is 0.226. The van der Waals surface area contributed by atoms with Crippen LogP contribution in [0.4, 0.5) is 11.4 Å². The monoisotopic (exact) mass is 598 g/mol. The first-order chi connectivity index (χ1) is 19.1. The van der Waals surface area contributed by atoms with Crippen LogP contribution in [-0.2, 0) is 23.2 Å². The van der Waals surface area contributed by atoms with Crippen LogP contribution in [-0.4, -0.2) is 18.7 Å². The molecule has 5 rings (SSSR count). The van der Waals surface area contributed by atoms with E-state index in [2.05, 4.69) is 5.32 Å². The molecule has 4 atom stereocenters. The highest BCUT2D eigenvalue weighted by Crippen LogP contribution is 2.65. The molecule has 3 aromatic carbocycles. The van der Waals surface area contributed by atoms with Crippen LogP contribution >= 0.6 is 30.8 Å². The van der Waals surface area contributed by atoms with Crippen molar-refractivity contribution in [2.24, 2.45) is 5.92 Å². The summed E-state index contributed by atoms with van der Waals surface area (Å²) in [6, 6.07) is 21.5. The zero-order chi connectivity index (χ0) is 28.4. The molecular formula is C30H29Cl2N2O5P. The van der Waals surface area contributed by atoms with Crippen LogP contribution in [0.5, 0.6) is 0 Å². The molecule has 1 saturated heterocycles. The van der Waals surface area contributed by atoms with E-state index in [1.807, 2.05) is 45.0 Å². The first-order valence-corrected chi connectivity index (χ1v) is 15.1. The second-order valence-corrected chi connectivity index (χ2v) is 12.7. The van der Waals surface area contributed by atoms with E-state index in [0.29, 0.717) is 26.7 Å². The molecule has 2 aliphatic heterocycles. The summed E-state index contributed by atoms with van der Waals surface area (Å²) in [5.74, 6) is -1.32. The minimum Gasteiger partial charge on any atom is -0.366 e. The van der Waals surface area contributed by atoms with Crippen LogP contribution < -0.4 is 10.4 Å². The van der Waals surface area contributed by atoms with Crippen molar-refractivity contribution in [2.75, 3.05) is 11.7 Å². The summed E-state index contributed by atoms with van der Waals surface area (Å²) in [6.45, 7) is 6.09. The number of carbonyl (C=O) groups is 1. The van der Waals surface area contributed by atoms with Gasteiger partial charge < -0.3 is 19.2 Å². The Bertz CT molecular complexity index is 1460. The second-order valence-electron chi connectivity index (χ2n) is 9.89. The molecule has 1 fully saturated rings. The molecule has 3 aromatic rings. The lowest BCUT2D eigenvalue weighted by atomic mass is 9.89. The van der Waals surface area contributed by atoms with Gasteiger partial charge in [-0.15, -0.1) is 0 Å². The van der Waals surface area contributed by atoms with Gasteiger partial charge in [0.15, 0.2) is 0 Å². The number of nitrogens with one attached hydrogen (secondary N) is 1. The molecule has 0 radical (unpaired) electrons. The third-order valence-corrected chi connectivity index (χ3v) is 9.54. The lowest BCUT2D eigenvalue weighted by Crippen LogP contribution is -2.31. The maximum atomic E-state index is 14.1. The van der Waals surface area contributed by atoms with Gasteiger partial charge in [0.25, 0.3) is 0 Å². The Kier molecular flexibility index (Phi) is 8.41. The van der Waals surface area contributed by atoms with Gasteiger partial charge >= 0.3 is 13.6 Å². The Morgan fingerprint density at radius 2 is 1.60 bits per heavy atom. The Labute approximate surface area is 243 Å². The number of anilines is 2. The highest BCUT2D eigenvalue weighted by atomic mass is 35.5. The van der Waals surface area contributed by atoms with Crippen molar-refractivity contribution in [3.63, 3.8) is 0 Å². The molecule has 10 heteroatoms. The second kappa shape index (κ2) is 11.8. The number of hydrogen-bond donors (Lipinski definition) is 1. The van der Waals surface area contributed by atoms with E-state index in [9.17, 15) is 9.36 Å². The van der Waals surface area contributed by atoms with Crippen molar-refractivity contribution >= 4 is 48.1 Å². The van der Waals surface area contributed by atoms with E-state index >= 15 is 0 Å². The SMILES string of the molecule is Cc1cccc(C2C(C(=O)ON(c3ccc(Cl)cc3)c3ccc(Cl)cc3)=CNC=C2P2(=O)OCC(C)C(C)O2)c1. The fourth-order valence-electron chi connectivity index (χ4n) is 4.54. The molecule has 0 saturated carbocycles. The van der Waals surface area contributed by atoms with E-state index in [4.69, 9.17) is 37.1 Å². The van der Waals surface area contributed by atoms with E-state index in [1.54, 1.807) is 60.9 Å². The summed E-state index contributed by atoms with van der Waals surface area (Å²) >= 11 is 12.2. The molecule has 0 amide bonds. The number of nitrogens with zero attached hydrogens (tertiary/aromatic N) is 1. The number of halogens is 2. The molecule has 1 N–H and O–H groups in total. The number of aryl methyl sites for hydroxylation is 1. The van der Waals surface area contributed by atoms with Gasteiger partial charge in [-0.1, -0.05) is 60.0 Å². The topological polar surface area (TPSA) is 77.1 Å². The van der Waals surface area contributed by atoms with Crippen LogP contribution in [0.15, 0.2) is 96.1 Å². The number of carbonyl (C=O) groups excluding carboxylic acids is 1. The Hall–Kier alpha value is -3.06. The predicted octanol–water partition coefficient (Wildman–Crippen LogP) is 8.27.